The fraction of sp³-hybridized carbons (Fsp3) is 0.500. The molecule has 0 saturated heterocycles. The highest BCUT2D eigenvalue weighted by Crippen LogP contribution is 2.27. The summed E-state index contributed by atoms with van der Waals surface area (Å²) < 4.78 is 13.7. The second-order valence-corrected chi connectivity index (χ2v) is 5.41. The van der Waals surface area contributed by atoms with Gasteiger partial charge in [0, 0.05) is 10.6 Å². The fourth-order valence-corrected chi connectivity index (χ4v) is 2.33. The highest BCUT2D eigenvalue weighted by atomic mass is 35.5. The predicted molar refractivity (Wildman–Crippen MR) is 80.8 cm³/mol. The van der Waals surface area contributed by atoms with Crippen LogP contribution in [0, 0.1) is 11.7 Å². The molecule has 0 heterocycles. The first-order valence-corrected chi connectivity index (χ1v) is 6.89. The van der Waals surface area contributed by atoms with E-state index in [1.807, 2.05) is 0 Å². The molecule has 1 unspecified atom stereocenters. The molecule has 0 radical (unpaired) electrons. The maximum atomic E-state index is 13.7. The molecule has 0 bridgehead atoms. The molecule has 1 amide bonds. The normalized spacial score (nSPS) is 15.3. The molecule has 0 aliphatic heterocycles. The third-order valence-electron chi connectivity index (χ3n) is 3.23. The smallest absolute Gasteiger partial charge is 0.234 e. The van der Waals surface area contributed by atoms with Crippen molar-refractivity contribution in [2.45, 2.75) is 25.8 Å². The third-order valence-corrected chi connectivity index (χ3v) is 3.56. The second kappa shape index (κ2) is 7.81. The first-order chi connectivity index (χ1) is 9.08. The number of carbonyl (C=O) groups is 1. The van der Waals surface area contributed by atoms with E-state index in [1.54, 1.807) is 19.1 Å². The quantitative estimate of drug-likeness (QED) is 0.845. The van der Waals surface area contributed by atoms with Crippen molar-refractivity contribution in [3.05, 3.63) is 34.6 Å². The molecule has 2 rings (SSSR count). The van der Waals surface area contributed by atoms with Gasteiger partial charge in [0.15, 0.2) is 0 Å². The van der Waals surface area contributed by atoms with Crippen LogP contribution in [0.5, 0.6) is 0 Å². The molecule has 1 aromatic carbocycles. The third kappa shape index (κ3) is 4.93. The fourth-order valence-electron chi connectivity index (χ4n) is 2.00. The minimum atomic E-state index is -0.441. The zero-order valence-corrected chi connectivity index (χ0v) is 12.9. The van der Waals surface area contributed by atoms with Gasteiger partial charge in [0.25, 0.3) is 0 Å². The Morgan fingerprint density at radius 1 is 1.50 bits per heavy atom. The summed E-state index contributed by atoms with van der Waals surface area (Å²) in [5.41, 5.74) is 0.333. The molecule has 1 fully saturated rings. The van der Waals surface area contributed by atoms with Crippen molar-refractivity contribution in [2.75, 3.05) is 13.1 Å². The zero-order valence-electron chi connectivity index (χ0n) is 11.3. The van der Waals surface area contributed by atoms with E-state index < -0.39 is 11.9 Å². The van der Waals surface area contributed by atoms with Gasteiger partial charge < -0.3 is 10.6 Å². The van der Waals surface area contributed by atoms with Crippen molar-refractivity contribution in [2.24, 2.45) is 5.92 Å². The van der Waals surface area contributed by atoms with Crippen molar-refractivity contribution in [1.82, 2.24) is 10.6 Å². The van der Waals surface area contributed by atoms with E-state index in [-0.39, 0.29) is 24.9 Å². The van der Waals surface area contributed by atoms with Gasteiger partial charge in [0.05, 0.1) is 12.6 Å². The van der Waals surface area contributed by atoms with Crippen molar-refractivity contribution in [3.63, 3.8) is 0 Å². The molecule has 0 aromatic heterocycles. The highest BCUT2D eigenvalue weighted by molar-refractivity contribution is 6.31. The minimum Gasteiger partial charge on any atom is -0.348 e. The molecule has 3 nitrogen and oxygen atoms in total. The molecule has 2 N–H and O–H groups in total. The molecule has 1 saturated carbocycles. The van der Waals surface area contributed by atoms with Crippen LogP contribution in [0.2, 0.25) is 5.02 Å². The van der Waals surface area contributed by atoms with Gasteiger partial charge in [-0.2, -0.15) is 0 Å². The molecule has 6 heteroatoms. The van der Waals surface area contributed by atoms with Gasteiger partial charge in [-0.25, -0.2) is 4.39 Å². The van der Waals surface area contributed by atoms with Gasteiger partial charge in [0.1, 0.15) is 5.82 Å². The van der Waals surface area contributed by atoms with Gasteiger partial charge >= 0.3 is 0 Å². The summed E-state index contributed by atoms with van der Waals surface area (Å²) in [7, 11) is 0. The highest BCUT2D eigenvalue weighted by Gasteiger charge is 2.21. The van der Waals surface area contributed by atoms with Crippen molar-refractivity contribution >= 4 is 29.9 Å². The van der Waals surface area contributed by atoms with E-state index in [0.717, 1.165) is 12.5 Å². The molecular weight excluding hydrogens is 302 g/mol. The largest absolute Gasteiger partial charge is 0.348 e. The Balaban J connectivity index is 0.00000200. The van der Waals surface area contributed by atoms with E-state index in [9.17, 15) is 9.18 Å². The summed E-state index contributed by atoms with van der Waals surface area (Å²) in [6.45, 7) is 2.86. The topological polar surface area (TPSA) is 41.1 Å². The Kier molecular flexibility index (Phi) is 6.72. The number of amides is 1. The Labute approximate surface area is 129 Å². The Hall–Kier alpha value is -0.840. The van der Waals surface area contributed by atoms with Crippen LogP contribution in [-0.4, -0.2) is 19.0 Å². The summed E-state index contributed by atoms with van der Waals surface area (Å²) in [6.07, 6.45) is 2.49. The molecule has 1 atom stereocenters. The van der Waals surface area contributed by atoms with Crippen LogP contribution in [0.1, 0.15) is 31.4 Å². The van der Waals surface area contributed by atoms with Gasteiger partial charge in [0.2, 0.25) is 5.91 Å². The van der Waals surface area contributed by atoms with Crippen LogP contribution in [0.15, 0.2) is 18.2 Å². The summed E-state index contributed by atoms with van der Waals surface area (Å²) >= 11 is 5.96. The van der Waals surface area contributed by atoms with Crippen LogP contribution in [-0.2, 0) is 4.79 Å². The zero-order chi connectivity index (χ0) is 13.8. The van der Waals surface area contributed by atoms with E-state index >= 15 is 0 Å². The van der Waals surface area contributed by atoms with Crippen molar-refractivity contribution < 1.29 is 9.18 Å². The number of nitrogens with one attached hydrogen (secondary N) is 2. The lowest BCUT2D eigenvalue weighted by atomic mass is 10.1. The summed E-state index contributed by atoms with van der Waals surface area (Å²) in [6, 6.07) is 4.07. The van der Waals surface area contributed by atoms with Gasteiger partial charge in [-0.1, -0.05) is 17.7 Å². The van der Waals surface area contributed by atoms with Gasteiger partial charge in [-0.3, -0.25) is 4.79 Å². The SMILES string of the molecule is CC(NC(=O)CNCC1CC1)c1c(F)cccc1Cl.Cl. The predicted octanol–water partition coefficient (Wildman–Crippen LogP) is 3.08. The molecule has 20 heavy (non-hydrogen) atoms. The lowest BCUT2D eigenvalue weighted by Gasteiger charge is -2.16. The molecule has 112 valence electrons. The summed E-state index contributed by atoms with van der Waals surface area (Å²) in [5.74, 6) is 0.185. The summed E-state index contributed by atoms with van der Waals surface area (Å²) in [5, 5.41) is 6.17. The first-order valence-electron chi connectivity index (χ1n) is 6.52. The number of hydrogen-bond donors (Lipinski definition) is 2. The average Bonchev–Trinajstić information content (AvgIpc) is 3.12. The molecule has 1 aliphatic rings. The van der Waals surface area contributed by atoms with Crippen molar-refractivity contribution in [3.8, 4) is 0 Å². The van der Waals surface area contributed by atoms with Crippen LogP contribution in [0.25, 0.3) is 0 Å². The Morgan fingerprint density at radius 2 is 2.20 bits per heavy atom. The number of rotatable bonds is 6. The minimum absolute atomic E-state index is 0. The van der Waals surface area contributed by atoms with Crippen LogP contribution in [0.3, 0.4) is 0 Å². The second-order valence-electron chi connectivity index (χ2n) is 5.00. The molecule has 1 aliphatic carbocycles. The standard InChI is InChI=1S/C14H18ClFN2O.ClH/c1-9(14-11(15)3-2-4-12(14)16)18-13(19)8-17-7-10-5-6-10;/h2-4,9-10,17H,5-8H2,1H3,(H,18,19);1H. The monoisotopic (exact) mass is 320 g/mol. The Bertz CT molecular complexity index is 446. The van der Waals surface area contributed by atoms with Crippen LogP contribution >= 0.6 is 24.0 Å². The number of benzene rings is 1. The van der Waals surface area contributed by atoms with E-state index in [4.69, 9.17) is 11.6 Å². The first kappa shape index (κ1) is 17.2. The number of halogens is 3. The Morgan fingerprint density at radius 3 is 2.80 bits per heavy atom. The number of hydrogen-bond acceptors (Lipinski definition) is 2. The van der Waals surface area contributed by atoms with E-state index in [0.29, 0.717) is 10.6 Å². The number of carbonyl (C=O) groups excluding carboxylic acids is 1. The molecule has 1 aromatic rings. The summed E-state index contributed by atoms with van der Waals surface area (Å²) in [4.78, 5) is 11.7. The van der Waals surface area contributed by atoms with Crippen LogP contribution < -0.4 is 10.6 Å². The van der Waals surface area contributed by atoms with Crippen LogP contribution in [0.4, 0.5) is 4.39 Å². The maximum Gasteiger partial charge on any atom is 0.234 e. The lowest BCUT2D eigenvalue weighted by Crippen LogP contribution is -2.36. The molecular formula is C14H19Cl2FN2O. The van der Waals surface area contributed by atoms with E-state index in [2.05, 4.69) is 10.6 Å². The van der Waals surface area contributed by atoms with Crippen molar-refractivity contribution in [1.29, 1.82) is 0 Å². The van der Waals surface area contributed by atoms with Gasteiger partial charge in [-0.05, 0) is 44.4 Å². The molecule has 0 spiro atoms. The average molecular weight is 321 g/mol. The lowest BCUT2D eigenvalue weighted by molar-refractivity contribution is -0.120. The van der Waals surface area contributed by atoms with Gasteiger partial charge in [-0.15, -0.1) is 12.4 Å². The maximum absolute atomic E-state index is 13.7. The van der Waals surface area contributed by atoms with E-state index in [1.165, 1.54) is 18.9 Å².